The van der Waals surface area contributed by atoms with E-state index >= 15 is 0 Å². The summed E-state index contributed by atoms with van der Waals surface area (Å²) < 4.78 is 26.0. The lowest BCUT2D eigenvalue weighted by atomic mass is 9.91. The zero-order chi connectivity index (χ0) is 39.1. The minimum Gasteiger partial charge on any atom is -0.394 e. The molecule has 5 aromatic rings. The Hall–Kier alpha value is -4.40. The Labute approximate surface area is 337 Å². The van der Waals surface area contributed by atoms with Gasteiger partial charge in [0.05, 0.1) is 31.2 Å². The van der Waals surface area contributed by atoms with Crippen molar-refractivity contribution in [2.45, 2.75) is 67.7 Å². The predicted octanol–water partition coefficient (Wildman–Crippen LogP) is 6.45. The van der Waals surface area contributed by atoms with Gasteiger partial charge in [-0.1, -0.05) is 47.3 Å². The van der Waals surface area contributed by atoms with Crippen LogP contribution in [-0.4, -0.2) is 113 Å². The fourth-order valence-electron chi connectivity index (χ4n) is 8.40. The normalized spacial score (nSPS) is 17.6. The van der Waals surface area contributed by atoms with Gasteiger partial charge in [0.25, 0.3) is 5.56 Å². The van der Waals surface area contributed by atoms with Gasteiger partial charge in [-0.15, -0.1) is 0 Å². The molecule has 4 aliphatic heterocycles. The molecular weight excluding hydrogens is 742 g/mol. The summed E-state index contributed by atoms with van der Waals surface area (Å²) in [6.07, 6.45) is 5.81. The molecule has 11 nitrogen and oxygen atoms in total. The summed E-state index contributed by atoms with van der Waals surface area (Å²) in [4.78, 5) is 32.4. The van der Waals surface area contributed by atoms with E-state index in [4.69, 9.17) is 24.3 Å². The summed E-state index contributed by atoms with van der Waals surface area (Å²) in [5.41, 5.74) is 5.65. The number of aliphatic imine (C=N–C) groups is 1. The van der Waals surface area contributed by atoms with Crippen molar-refractivity contribution in [1.82, 2.24) is 29.4 Å². The Kier molecular flexibility index (Phi) is 12.8. The Morgan fingerprint density at radius 2 is 1.67 bits per heavy atom. The number of nitrogens with zero attached hydrogens (tertiary/aromatic N) is 7. The molecule has 4 aliphatic rings. The van der Waals surface area contributed by atoms with Crippen LogP contribution < -0.4 is 5.56 Å². The number of piperidine rings is 1. The topological polar surface area (TPSA) is 112 Å². The first kappa shape index (κ1) is 39.4. The number of ether oxygens (including phenoxy) is 1. The lowest BCUT2D eigenvalue weighted by Crippen LogP contribution is -2.49. The third-order valence-corrected chi connectivity index (χ3v) is 12.7. The van der Waals surface area contributed by atoms with Crippen molar-refractivity contribution in [3.8, 4) is 0 Å². The molecule has 2 saturated heterocycles. The fraction of sp³-hybridized carbons (Fsp3) is 0.455. The van der Waals surface area contributed by atoms with Crippen molar-refractivity contribution >= 4 is 34.3 Å². The molecule has 13 heteroatoms. The highest BCUT2D eigenvalue weighted by molar-refractivity contribution is 7.99. The number of aliphatic hydroxyl groups is 1. The lowest BCUT2D eigenvalue weighted by Gasteiger charge is -2.36. The van der Waals surface area contributed by atoms with Crippen LogP contribution in [0.1, 0.15) is 59.9 Å². The molecule has 0 unspecified atom stereocenters. The van der Waals surface area contributed by atoms with E-state index in [2.05, 4.69) is 68.4 Å². The Morgan fingerprint density at radius 1 is 0.895 bits per heavy atom. The number of hydrogen-bond acceptors (Lipinski definition) is 11. The molecular formula is C44H52FN7O4S. The largest absolute Gasteiger partial charge is 0.394 e. The first-order valence-electron chi connectivity index (χ1n) is 20.4. The van der Waals surface area contributed by atoms with E-state index in [-0.39, 0.29) is 18.0 Å². The minimum atomic E-state index is -0.303. The number of aromatic nitrogens is 3. The molecule has 6 heterocycles. The van der Waals surface area contributed by atoms with Gasteiger partial charge in [0, 0.05) is 96.2 Å². The van der Waals surface area contributed by atoms with Crippen molar-refractivity contribution in [2.75, 3.05) is 72.2 Å². The number of aliphatic hydroxyl groups excluding tert-OH is 1. The van der Waals surface area contributed by atoms with Gasteiger partial charge in [0.1, 0.15) is 17.5 Å². The monoisotopic (exact) mass is 793 g/mol. The number of piperazine rings is 1. The van der Waals surface area contributed by atoms with Gasteiger partial charge in [0.15, 0.2) is 5.58 Å². The zero-order valence-corrected chi connectivity index (χ0v) is 33.6. The molecule has 3 aromatic carbocycles. The number of aryl methyl sites for hydroxylation is 2. The summed E-state index contributed by atoms with van der Waals surface area (Å²) in [6.45, 7) is 11.6. The molecule has 0 radical (unpaired) electrons. The Morgan fingerprint density at radius 3 is 2.49 bits per heavy atom. The number of halogens is 1. The molecule has 2 fully saturated rings. The van der Waals surface area contributed by atoms with Crippen LogP contribution in [-0.2, 0) is 24.1 Å². The summed E-state index contributed by atoms with van der Waals surface area (Å²) in [5, 5.41) is 13.9. The van der Waals surface area contributed by atoms with Crippen molar-refractivity contribution in [3.05, 3.63) is 111 Å². The lowest BCUT2D eigenvalue weighted by molar-refractivity contribution is 0.0652. The van der Waals surface area contributed by atoms with E-state index in [1.807, 2.05) is 11.5 Å². The first-order valence-corrected chi connectivity index (χ1v) is 21.2. The average Bonchev–Trinajstić information content (AvgIpc) is 3.58. The van der Waals surface area contributed by atoms with Gasteiger partial charge < -0.3 is 24.2 Å². The zero-order valence-electron chi connectivity index (χ0n) is 32.7. The van der Waals surface area contributed by atoms with Crippen LogP contribution in [0.5, 0.6) is 0 Å². The number of para-hydroxylation sites is 1. The maximum absolute atomic E-state index is 13.4. The standard InChI is InChI=1S/C23H27FN4O2.C21H25N3O2S/c1-15-18(23(29)28-10-3-2-4-21(28)25-15)9-13-27-11-7-16(8-12-27)22-19-6-5-17(24)14-20(19)30-26-22;25-14-16-26-15-13-23-9-11-24(12-10-23)21-17-5-1-3-7-19(17)27-20-8-4-2-6-18(20)22-21/h5-6,14,16H,2-4,7-13H2,1H3;1-8,25H,9-16H2. The minimum absolute atomic E-state index is 0.0898. The number of hydrogen-bond donors (Lipinski definition) is 1. The predicted molar refractivity (Wildman–Crippen MR) is 221 cm³/mol. The summed E-state index contributed by atoms with van der Waals surface area (Å²) in [6, 6.07) is 21.6. The molecule has 1 N–H and O–H groups in total. The van der Waals surface area contributed by atoms with Gasteiger partial charge in [-0.25, -0.2) is 14.4 Å². The van der Waals surface area contributed by atoms with Crippen LogP contribution in [0.25, 0.3) is 11.0 Å². The van der Waals surface area contributed by atoms with Gasteiger partial charge in [-0.2, -0.15) is 0 Å². The van der Waals surface area contributed by atoms with Crippen LogP contribution >= 0.6 is 11.8 Å². The second-order valence-electron chi connectivity index (χ2n) is 15.2. The highest BCUT2D eigenvalue weighted by Gasteiger charge is 2.27. The molecule has 0 spiro atoms. The molecule has 9 rings (SSSR count). The molecule has 57 heavy (non-hydrogen) atoms. The van der Waals surface area contributed by atoms with Crippen LogP contribution in [0, 0.1) is 12.7 Å². The quantitative estimate of drug-likeness (QED) is 0.167. The summed E-state index contributed by atoms with van der Waals surface area (Å²) in [5.74, 6) is 2.06. The maximum Gasteiger partial charge on any atom is 0.256 e. The Bertz CT molecular complexity index is 2240. The number of rotatable bonds is 9. The van der Waals surface area contributed by atoms with E-state index in [9.17, 15) is 9.18 Å². The SMILES string of the molecule is Cc1nc2n(c(=O)c1CCN1CCC(c3noc4cc(F)ccc34)CC1)CCCC2.OCCOCCN1CCN(C2=Nc3ccccc3Sc3ccccc32)CC1. The van der Waals surface area contributed by atoms with E-state index in [0.29, 0.717) is 24.7 Å². The van der Waals surface area contributed by atoms with Crippen LogP contribution in [0.2, 0.25) is 0 Å². The third-order valence-electron chi connectivity index (χ3n) is 11.6. The van der Waals surface area contributed by atoms with E-state index in [1.165, 1.54) is 27.5 Å². The average molecular weight is 794 g/mol. The highest BCUT2D eigenvalue weighted by Crippen LogP contribution is 2.40. The number of amidine groups is 1. The summed E-state index contributed by atoms with van der Waals surface area (Å²) >= 11 is 1.80. The molecule has 0 saturated carbocycles. The van der Waals surface area contributed by atoms with Crippen LogP contribution in [0.4, 0.5) is 10.1 Å². The molecule has 300 valence electrons. The maximum atomic E-state index is 13.4. The Balaban J connectivity index is 0.000000161. The molecule has 0 bridgehead atoms. The van der Waals surface area contributed by atoms with Crippen molar-refractivity contribution < 1.29 is 18.8 Å². The fourth-order valence-corrected chi connectivity index (χ4v) is 9.42. The van der Waals surface area contributed by atoms with Crippen molar-refractivity contribution in [2.24, 2.45) is 4.99 Å². The number of likely N-dealkylation sites (tertiary alicyclic amines) is 1. The van der Waals surface area contributed by atoms with Gasteiger partial charge in [-0.3, -0.25) is 14.3 Å². The van der Waals surface area contributed by atoms with Gasteiger partial charge >= 0.3 is 0 Å². The molecule has 0 amide bonds. The molecule has 0 atom stereocenters. The van der Waals surface area contributed by atoms with Crippen molar-refractivity contribution in [1.29, 1.82) is 0 Å². The smallest absolute Gasteiger partial charge is 0.256 e. The van der Waals surface area contributed by atoms with Crippen molar-refractivity contribution in [3.63, 3.8) is 0 Å². The third kappa shape index (κ3) is 9.18. The molecule has 2 aromatic heterocycles. The molecule has 0 aliphatic carbocycles. The number of benzene rings is 3. The van der Waals surface area contributed by atoms with E-state index in [0.717, 1.165) is 137 Å². The van der Waals surface area contributed by atoms with Gasteiger partial charge in [0.2, 0.25) is 0 Å². The van der Waals surface area contributed by atoms with Crippen LogP contribution in [0.3, 0.4) is 0 Å². The second kappa shape index (κ2) is 18.5. The van der Waals surface area contributed by atoms with E-state index in [1.54, 1.807) is 17.8 Å². The summed E-state index contributed by atoms with van der Waals surface area (Å²) in [7, 11) is 0. The van der Waals surface area contributed by atoms with E-state index < -0.39 is 0 Å². The van der Waals surface area contributed by atoms with Crippen LogP contribution in [0.15, 0.2) is 90.8 Å². The van der Waals surface area contributed by atoms with Gasteiger partial charge in [-0.05, 0) is 82.4 Å². The number of fused-ring (bicyclic) bond motifs is 4. The highest BCUT2D eigenvalue weighted by atomic mass is 32.2. The second-order valence-corrected chi connectivity index (χ2v) is 16.3. The first-order chi connectivity index (χ1) is 27.9.